The van der Waals surface area contributed by atoms with Crippen LogP contribution in [0.4, 0.5) is 0 Å². The highest BCUT2D eigenvalue weighted by Crippen LogP contribution is 2.18. The van der Waals surface area contributed by atoms with Crippen molar-refractivity contribution in [1.29, 1.82) is 0 Å². The molecule has 0 aliphatic heterocycles. The van der Waals surface area contributed by atoms with Crippen LogP contribution in [-0.4, -0.2) is 38.6 Å². The molecule has 0 unspecified atom stereocenters. The quantitative estimate of drug-likeness (QED) is 0.503. The second-order valence-corrected chi connectivity index (χ2v) is 5.13. The van der Waals surface area contributed by atoms with Crippen LogP contribution in [0.5, 0.6) is 0 Å². The fourth-order valence-corrected chi connectivity index (χ4v) is 2.40. The summed E-state index contributed by atoms with van der Waals surface area (Å²) in [5.41, 5.74) is 2.84. The van der Waals surface area contributed by atoms with Crippen LogP contribution in [0.15, 0.2) is 5.10 Å². The highest BCUT2D eigenvalue weighted by molar-refractivity contribution is 7.71. The normalized spacial score (nSPS) is 11.3. The van der Waals surface area contributed by atoms with Crippen molar-refractivity contribution in [2.75, 3.05) is 6.61 Å². The first-order chi connectivity index (χ1) is 10.5. The average Bonchev–Trinajstić information content (AvgIpc) is 2.97. The largest absolute Gasteiger partial charge is 0.462 e. The van der Waals surface area contributed by atoms with E-state index in [-0.39, 0.29) is 5.97 Å². The molecule has 0 saturated heterocycles. The van der Waals surface area contributed by atoms with Crippen molar-refractivity contribution < 1.29 is 9.53 Å². The van der Waals surface area contributed by atoms with Crippen LogP contribution < -0.4 is 0 Å². The number of hydrogen-bond acceptors (Lipinski definition) is 5. The van der Waals surface area contributed by atoms with Crippen LogP contribution in [0.25, 0.3) is 0 Å². The summed E-state index contributed by atoms with van der Waals surface area (Å²) < 4.78 is 7.06. The van der Waals surface area contributed by atoms with E-state index in [9.17, 15) is 4.79 Å². The minimum atomic E-state index is -0.331. The van der Waals surface area contributed by atoms with E-state index in [0.29, 0.717) is 23.4 Å². The molecule has 2 aromatic heterocycles. The Labute approximate surface area is 133 Å². The summed E-state index contributed by atoms with van der Waals surface area (Å²) in [7, 11) is 0. The maximum Gasteiger partial charge on any atom is 0.340 e. The molecule has 0 aliphatic carbocycles. The number of hydrogen-bond donors (Lipinski definition) is 2. The standard InChI is InChI=1S/C14H19N5O2S/c1-5-11-17-18-14(22)19(11)15-7-10-8(3)12(9(4)16-10)13(20)21-6-2/h7,16H,5-6H2,1-4H3,(H,18,22)/b15-7+. The van der Waals surface area contributed by atoms with E-state index in [1.807, 2.05) is 20.8 Å². The van der Waals surface area contributed by atoms with Crippen LogP contribution in [0.1, 0.15) is 47.0 Å². The number of carbonyl (C=O) groups excluding carboxylic acids is 1. The number of H-pyrrole nitrogens is 2. The van der Waals surface area contributed by atoms with Gasteiger partial charge in [0, 0.05) is 12.1 Å². The zero-order valence-corrected chi connectivity index (χ0v) is 13.9. The van der Waals surface area contributed by atoms with Gasteiger partial charge in [0.15, 0.2) is 5.82 Å². The van der Waals surface area contributed by atoms with Gasteiger partial charge in [-0.2, -0.15) is 14.9 Å². The molecule has 0 aromatic carbocycles. The van der Waals surface area contributed by atoms with Gasteiger partial charge in [0.25, 0.3) is 0 Å². The van der Waals surface area contributed by atoms with Crippen LogP contribution in [0.2, 0.25) is 0 Å². The first kappa shape index (κ1) is 16.2. The SMILES string of the molecule is CCOC(=O)c1c(C)[nH]c(/C=N/n2c(CC)n[nH]c2=S)c1C. The Bertz CT molecular complexity index is 769. The third-order valence-electron chi connectivity index (χ3n) is 3.29. The zero-order chi connectivity index (χ0) is 16.3. The van der Waals surface area contributed by atoms with Crippen molar-refractivity contribution in [3.8, 4) is 0 Å². The molecular formula is C14H19N5O2S. The van der Waals surface area contributed by atoms with E-state index >= 15 is 0 Å². The van der Waals surface area contributed by atoms with Crippen LogP contribution in [0.3, 0.4) is 0 Å². The van der Waals surface area contributed by atoms with Gasteiger partial charge >= 0.3 is 5.97 Å². The van der Waals surface area contributed by atoms with E-state index in [2.05, 4.69) is 20.3 Å². The van der Waals surface area contributed by atoms with Gasteiger partial charge in [-0.1, -0.05) is 6.92 Å². The lowest BCUT2D eigenvalue weighted by Crippen LogP contribution is -2.06. The lowest BCUT2D eigenvalue weighted by Gasteiger charge is -2.01. The minimum absolute atomic E-state index is 0.331. The lowest BCUT2D eigenvalue weighted by atomic mass is 10.1. The molecule has 0 saturated carbocycles. The summed E-state index contributed by atoms with van der Waals surface area (Å²) in [4.78, 5) is 15.1. The van der Waals surface area contributed by atoms with Crippen LogP contribution in [-0.2, 0) is 11.2 Å². The lowest BCUT2D eigenvalue weighted by molar-refractivity contribution is 0.0525. The van der Waals surface area contributed by atoms with Crippen molar-refractivity contribution in [2.45, 2.75) is 34.1 Å². The highest BCUT2D eigenvalue weighted by Gasteiger charge is 2.18. The molecule has 0 spiro atoms. The molecular weight excluding hydrogens is 302 g/mol. The van der Waals surface area contributed by atoms with Gasteiger partial charge in [0.2, 0.25) is 4.77 Å². The summed E-state index contributed by atoms with van der Waals surface area (Å²) >= 11 is 5.14. The van der Waals surface area contributed by atoms with Gasteiger partial charge in [-0.05, 0) is 38.6 Å². The molecule has 0 radical (unpaired) electrons. The number of aromatic nitrogens is 4. The minimum Gasteiger partial charge on any atom is -0.462 e. The summed E-state index contributed by atoms with van der Waals surface area (Å²) in [5, 5.41) is 11.1. The van der Waals surface area contributed by atoms with Crippen molar-refractivity contribution in [2.24, 2.45) is 5.10 Å². The van der Waals surface area contributed by atoms with Crippen LogP contribution in [0, 0.1) is 18.6 Å². The van der Waals surface area contributed by atoms with Gasteiger partial charge in [-0.3, -0.25) is 5.10 Å². The van der Waals surface area contributed by atoms with Crippen molar-refractivity contribution in [3.05, 3.63) is 33.1 Å². The number of nitrogens with zero attached hydrogens (tertiary/aromatic N) is 3. The van der Waals surface area contributed by atoms with Gasteiger partial charge in [-0.15, -0.1) is 0 Å². The Kier molecular flexibility index (Phi) is 4.92. The number of ether oxygens (including phenoxy) is 1. The molecule has 2 N–H and O–H groups in total. The summed E-state index contributed by atoms with van der Waals surface area (Å²) in [5.74, 6) is 0.412. The van der Waals surface area contributed by atoms with E-state index in [1.54, 1.807) is 17.8 Å². The third kappa shape index (κ3) is 3.01. The summed E-state index contributed by atoms with van der Waals surface area (Å²) in [6, 6.07) is 0. The molecule has 2 aromatic rings. The molecule has 8 heteroatoms. The summed E-state index contributed by atoms with van der Waals surface area (Å²) in [6.07, 6.45) is 2.34. The van der Waals surface area contributed by atoms with E-state index in [4.69, 9.17) is 17.0 Å². The average molecular weight is 321 g/mol. The zero-order valence-electron chi connectivity index (χ0n) is 13.1. The predicted octanol–water partition coefficient (Wildman–Crippen LogP) is 2.51. The number of nitrogens with one attached hydrogen (secondary N) is 2. The van der Waals surface area contributed by atoms with Gasteiger partial charge in [0.1, 0.15) is 0 Å². The fourth-order valence-electron chi connectivity index (χ4n) is 2.20. The van der Waals surface area contributed by atoms with Crippen LogP contribution >= 0.6 is 12.2 Å². The Morgan fingerprint density at radius 2 is 2.18 bits per heavy atom. The molecule has 22 heavy (non-hydrogen) atoms. The maximum absolute atomic E-state index is 12.0. The number of aromatic amines is 2. The molecule has 0 amide bonds. The molecule has 0 atom stereocenters. The fraction of sp³-hybridized carbons (Fsp3) is 0.429. The Morgan fingerprint density at radius 3 is 2.82 bits per heavy atom. The molecule has 0 bridgehead atoms. The summed E-state index contributed by atoms with van der Waals surface area (Å²) in [6.45, 7) is 7.78. The third-order valence-corrected chi connectivity index (χ3v) is 3.56. The number of rotatable bonds is 5. The van der Waals surface area contributed by atoms with Crippen molar-refractivity contribution in [1.82, 2.24) is 19.9 Å². The molecule has 118 valence electrons. The maximum atomic E-state index is 12.0. The Morgan fingerprint density at radius 1 is 1.45 bits per heavy atom. The second-order valence-electron chi connectivity index (χ2n) is 4.74. The van der Waals surface area contributed by atoms with Crippen molar-refractivity contribution in [3.63, 3.8) is 0 Å². The van der Waals surface area contributed by atoms with Gasteiger partial charge in [-0.25, -0.2) is 4.79 Å². The number of carbonyl (C=O) groups is 1. The first-order valence-corrected chi connectivity index (χ1v) is 7.47. The smallest absolute Gasteiger partial charge is 0.340 e. The van der Waals surface area contributed by atoms with E-state index in [1.165, 1.54) is 0 Å². The molecule has 2 rings (SSSR count). The van der Waals surface area contributed by atoms with Gasteiger partial charge < -0.3 is 9.72 Å². The molecule has 0 fully saturated rings. The molecule has 0 aliphatic rings. The highest BCUT2D eigenvalue weighted by atomic mass is 32.1. The second kappa shape index (κ2) is 6.69. The number of aryl methyl sites for hydroxylation is 2. The predicted molar refractivity (Wildman–Crippen MR) is 86.0 cm³/mol. The monoisotopic (exact) mass is 321 g/mol. The van der Waals surface area contributed by atoms with E-state index < -0.39 is 0 Å². The topological polar surface area (TPSA) is 88.1 Å². The Hall–Kier alpha value is -2.22. The first-order valence-electron chi connectivity index (χ1n) is 7.06. The molecule has 2 heterocycles. The Balaban J connectivity index is 2.37. The number of esters is 1. The molecule has 7 nitrogen and oxygen atoms in total. The van der Waals surface area contributed by atoms with Gasteiger partial charge in [0.05, 0.1) is 24.1 Å². The van der Waals surface area contributed by atoms with Crippen molar-refractivity contribution >= 4 is 24.4 Å². The van der Waals surface area contributed by atoms with E-state index in [0.717, 1.165) is 22.8 Å².